The van der Waals surface area contributed by atoms with E-state index in [0.29, 0.717) is 30.9 Å². The molecule has 4 aromatic carbocycles. The zero-order valence-corrected chi connectivity index (χ0v) is 30.4. The number of nitrogens with one attached hydrogen (secondary N) is 2. The quantitative estimate of drug-likeness (QED) is 0.149. The highest BCUT2D eigenvalue weighted by Gasteiger charge is 2.38. The fraction of sp³-hybridized carbons (Fsp3) is 0.279. The number of likely N-dealkylation sites (N-methyl/N-ethyl adjacent to an activating group) is 1. The second-order valence-corrected chi connectivity index (χ2v) is 13.9. The van der Waals surface area contributed by atoms with E-state index >= 15 is 0 Å². The summed E-state index contributed by atoms with van der Waals surface area (Å²) in [4.78, 5) is 45.9. The maximum absolute atomic E-state index is 13.9. The first kappa shape index (κ1) is 37.1. The number of nitrogens with two attached hydrogens (primary N) is 2. The van der Waals surface area contributed by atoms with Gasteiger partial charge >= 0.3 is 0 Å². The van der Waals surface area contributed by atoms with Crippen LogP contribution in [0.2, 0.25) is 0 Å². The zero-order valence-electron chi connectivity index (χ0n) is 30.4. The third-order valence-corrected chi connectivity index (χ3v) is 10.2. The molecule has 10 nitrogen and oxygen atoms in total. The maximum Gasteiger partial charge on any atom is 0.247 e. The van der Waals surface area contributed by atoms with Gasteiger partial charge in [-0.1, -0.05) is 104 Å². The van der Waals surface area contributed by atoms with E-state index in [1.165, 1.54) is 6.20 Å². The molecule has 2 heterocycles. The third-order valence-electron chi connectivity index (χ3n) is 10.2. The smallest absolute Gasteiger partial charge is 0.247 e. The van der Waals surface area contributed by atoms with E-state index in [1.54, 1.807) is 4.90 Å². The van der Waals surface area contributed by atoms with Gasteiger partial charge in [0.05, 0.1) is 11.7 Å². The monoisotopic (exact) mass is 711 g/mol. The van der Waals surface area contributed by atoms with Crippen LogP contribution in [-0.2, 0) is 14.4 Å². The van der Waals surface area contributed by atoms with Crippen LogP contribution in [0.25, 0.3) is 16.8 Å². The average Bonchev–Trinajstić information content (AvgIpc) is 3.89. The van der Waals surface area contributed by atoms with Crippen LogP contribution in [0.3, 0.4) is 0 Å². The molecule has 0 bridgehead atoms. The molecule has 0 aliphatic carbocycles. The van der Waals surface area contributed by atoms with Gasteiger partial charge in [0.1, 0.15) is 18.1 Å². The fourth-order valence-electron chi connectivity index (χ4n) is 7.41. The van der Waals surface area contributed by atoms with Crippen molar-refractivity contribution in [1.82, 2.24) is 20.0 Å². The molecule has 53 heavy (non-hydrogen) atoms. The molecule has 1 unspecified atom stereocenters. The predicted molar refractivity (Wildman–Crippen MR) is 211 cm³/mol. The third kappa shape index (κ3) is 8.35. The van der Waals surface area contributed by atoms with Gasteiger partial charge in [0.15, 0.2) is 0 Å². The van der Waals surface area contributed by atoms with Gasteiger partial charge in [-0.2, -0.15) is 0 Å². The number of nitrogens with zero attached hydrogens (tertiary/aromatic N) is 3. The summed E-state index contributed by atoms with van der Waals surface area (Å²) >= 11 is 0. The number of benzene rings is 4. The van der Waals surface area contributed by atoms with Crippen molar-refractivity contribution in [2.75, 3.05) is 32.5 Å². The first-order valence-corrected chi connectivity index (χ1v) is 18.2. The van der Waals surface area contributed by atoms with E-state index < -0.39 is 12.1 Å². The van der Waals surface area contributed by atoms with Crippen molar-refractivity contribution in [2.45, 2.75) is 49.9 Å². The minimum Gasteiger partial charge on any atom is -0.403 e. The van der Waals surface area contributed by atoms with Gasteiger partial charge < -0.3 is 31.9 Å². The number of hydrogen-bond donors (Lipinski definition) is 4. The van der Waals surface area contributed by atoms with Crippen molar-refractivity contribution >= 4 is 29.1 Å². The van der Waals surface area contributed by atoms with Crippen molar-refractivity contribution in [2.24, 2.45) is 11.5 Å². The van der Waals surface area contributed by atoms with Crippen LogP contribution >= 0.6 is 0 Å². The molecule has 2 saturated heterocycles. The zero-order chi connectivity index (χ0) is 37.5. The van der Waals surface area contributed by atoms with Crippen molar-refractivity contribution in [3.05, 3.63) is 144 Å². The van der Waals surface area contributed by atoms with Crippen LogP contribution in [0.15, 0.2) is 128 Å². The Bertz CT molecular complexity index is 1930. The van der Waals surface area contributed by atoms with Crippen molar-refractivity contribution in [3.63, 3.8) is 0 Å². The molecule has 2 aliphatic heterocycles. The molecule has 0 radical (unpaired) electrons. The van der Waals surface area contributed by atoms with Gasteiger partial charge in [0, 0.05) is 30.7 Å². The SMILES string of the molecule is C=C(N/C(=C\N)c1ccc(-c2ccc(NC(=O)[C@@H]3CCCN3C(=O)C(N)c3ccccc3)cc2)cc1)[C@@H]1CCCN1C(=O)[C@@H](c1ccccc1)N(C)C. The predicted octanol–water partition coefficient (Wildman–Crippen LogP) is 5.64. The molecule has 10 heteroatoms. The number of rotatable bonds is 12. The van der Waals surface area contributed by atoms with Crippen LogP contribution in [0, 0.1) is 0 Å². The Kier molecular flexibility index (Phi) is 11.7. The van der Waals surface area contributed by atoms with Crippen molar-refractivity contribution < 1.29 is 14.4 Å². The first-order valence-electron chi connectivity index (χ1n) is 18.2. The molecule has 0 spiro atoms. The Balaban J connectivity index is 1.06. The van der Waals surface area contributed by atoms with Crippen molar-refractivity contribution in [1.29, 1.82) is 0 Å². The summed E-state index contributed by atoms with van der Waals surface area (Å²) in [6.45, 7) is 5.51. The van der Waals surface area contributed by atoms with E-state index in [9.17, 15) is 14.4 Å². The molecule has 274 valence electrons. The topological polar surface area (TPSA) is 137 Å². The van der Waals surface area contributed by atoms with Gasteiger partial charge in [-0.15, -0.1) is 0 Å². The van der Waals surface area contributed by atoms with E-state index in [0.717, 1.165) is 52.8 Å². The van der Waals surface area contributed by atoms with Gasteiger partial charge in [-0.25, -0.2) is 0 Å². The summed E-state index contributed by atoms with van der Waals surface area (Å²) in [6.07, 6.45) is 4.58. The minimum absolute atomic E-state index is 0.0547. The largest absolute Gasteiger partial charge is 0.403 e. The lowest BCUT2D eigenvalue weighted by molar-refractivity contribution is -0.137. The molecular weight excluding hydrogens is 663 g/mol. The summed E-state index contributed by atoms with van der Waals surface area (Å²) in [5.41, 5.74) is 19.0. The minimum atomic E-state index is -0.809. The van der Waals surface area contributed by atoms with Crippen LogP contribution in [0.5, 0.6) is 0 Å². The first-order chi connectivity index (χ1) is 25.7. The Hall–Kier alpha value is -5.71. The molecule has 2 aliphatic rings. The number of carbonyl (C=O) groups excluding carboxylic acids is 3. The standard InChI is InChI=1S/C43H49N7O3/c1-29(37-16-10-26-49(37)43(53)40(48(2)3)34-14-8-5-9-15-34)46-36(28-44)32-20-18-30(19-21-32)31-22-24-35(25-23-31)47-41(51)38-17-11-27-50(38)42(52)39(45)33-12-6-4-7-13-33/h4-9,12-15,18-25,28,37-40,46H,1,10-11,16-17,26-27,44-45H2,2-3H3,(H,47,51)/b36-28-/t37-,38-,39?,40+/m0/s1. The molecule has 2 fully saturated rings. The van der Waals surface area contributed by atoms with E-state index in [1.807, 2.05) is 133 Å². The molecule has 4 atom stereocenters. The van der Waals surface area contributed by atoms with Crippen LogP contribution in [0.1, 0.15) is 54.5 Å². The van der Waals surface area contributed by atoms with Crippen LogP contribution < -0.4 is 22.1 Å². The Morgan fingerprint density at radius 3 is 1.85 bits per heavy atom. The highest BCUT2D eigenvalue weighted by Crippen LogP contribution is 2.30. The number of carbonyl (C=O) groups is 3. The van der Waals surface area contributed by atoms with E-state index in [2.05, 4.69) is 17.2 Å². The van der Waals surface area contributed by atoms with Gasteiger partial charge in [0.2, 0.25) is 17.7 Å². The molecular formula is C43H49N7O3. The molecule has 6 N–H and O–H groups in total. The summed E-state index contributed by atoms with van der Waals surface area (Å²) < 4.78 is 0. The lowest BCUT2D eigenvalue weighted by Gasteiger charge is -2.33. The highest BCUT2D eigenvalue weighted by atomic mass is 16.2. The van der Waals surface area contributed by atoms with Crippen LogP contribution in [-0.4, -0.2) is 71.7 Å². The summed E-state index contributed by atoms with van der Waals surface area (Å²) in [5, 5.41) is 6.40. The Morgan fingerprint density at radius 2 is 1.28 bits per heavy atom. The molecule has 0 saturated carbocycles. The number of anilines is 1. The summed E-state index contributed by atoms with van der Waals surface area (Å²) in [5.74, 6) is -0.409. The lowest BCUT2D eigenvalue weighted by atomic mass is 10.0. The fourth-order valence-corrected chi connectivity index (χ4v) is 7.41. The second kappa shape index (κ2) is 16.8. The Labute approximate surface area is 312 Å². The maximum atomic E-state index is 13.9. The number of likely N-dealkylation sites (tertiary alicyclic amines) is 2. The van der Waals surface area contributed by atoms with Gasteiger partial charge in [0.25, 0.3) is 0 Å². The van der Waals surface area contributed by atoms with E-state index in [-0.39, 0.29) is 29.8 Å². The van der Waals surface area contributed by atoms with Gasteiger partial charge in [-0.3, -0.25) is 19.3 Å². The van der Waals surface area contributed by atoms with E-state index in [4.69, 9.17) is 11.5 Å². The normalized spacial score (nSPS) is 18.5. The number of amides is 3. The molecule has 4 aromatic rings. The number of hydrogen-bond acceptors (Lipinski definition) is 7. The molecule has 0 aromatic heterocycles. The summed E-state index contributed by atoms with van der Waals surface area (Å²) in [6, 6.07) is 32.8. The molecule has 6 rings (SSSR count). The van der Waals surface area contributed by atoms with Crippen LogP contribution in [0.4, 0.5) is 5.69 Å². The summed E-state index contributed by atoms with van der Waals surface area (Å²) in [7, 11) is 3.86. The molecule has 3 amide bonds. The highest BCUT2D eigenvalue weighted by molar-refractivity contribution is 5.98. The van der Waals surface area contributed by atoms with Crippen molar-refractivity contribution in [3.8, 4) is 11.1 Å². The lowest BCUT2D eigenvalue weighted by Crippen LogP contribution is -2.46. The Morgan fingerprint density at radius 1 is 0.755 bits per heavy atom. The average molecular weight is 712 g/mol. The van der Waals surface area contributed by atoms with Gasteiger partial charge in [-0.05, 0) is 79.7 Å². The second-order valence-electron chi connectivity index (χ2n) is 13.9.